The summed E-state index contributed by atoms with van der Waals surface area (Å²) in [5.74, 6) is 1.18. The van der Waals surface area contributed by atoms with Gasteiger partial charge in [0.25, 0.3) is 0 Å². The zero-order valence-corrected chi connectivity index (χ0v) is 19.3. The van der Waals surface area contributed by atoms with E-state index < -0.39 is 0 Å². The average molecular weight is 432 g/mol. The van der Waals surface area contributed by atoms with Crippen molar-refractivity contribution < 1.29 is 5.11 Å². The Morgan fingerprint density at radius 2 is 1.69 bits per heavy atom. The van der Waals surface area contributed by atoms with Gasteiger partial charge in [0.1, 0.15) is 17.6 Å². The Hall–Kier alpha value is -3.41. The van der Waals surface area contributed by atoms with Crippen molar-refractivity contribution in [1.29, 1.82) is 0 Å². The first-order valence-electron chi connectivity index (χ1n) is 11.3. The normalized spacial score (nSPS) is 10.6. The number of phenolic OH excluding ortho intramolecular Hbond substituents is 1. The predicted octanol–water partition coefficient (Wildman–Crippen LogP) is 6.07. The largest absolute Gasteiger partial charge is 0.508 e. The Bertz CT molecular complexity index is 1070. The van der Waals surface area contributed by atoms with Crippen LogP contribution in [0.25, 0.3) is 16.7 Å². The molecule has 0 fully saturated rings. The van der Waals surface area contributed by atoms with Crippen LogP contribution in [0.4, 0.5) is 5.82 Å². The summed E-state index contributed by atoms with van der Waals surface area (Å²) in [6.07, 6.45) is 12.8. The van der Waals surface area contributed by atoms with Crippen LogP contribution in [0.2, 0.25) is 0 Å². The van der Waals surface area contributed by atoms with Crippen LogP contribution < -0.4 is 5.32 Å². The number of nitrogens with zero attached hydrogens (tertiary/aromatic N) is 4. The van der Waals surface area contributed by atoms with E-state index in [4.69, 9.17) is 10.1 Å². The van der Waals surface area contributed by atoms with Crippen LogP contribution in [-0.4, -0.2) is 31.7 Å². The number of imidazole rings is 1. The number of phenols is 1. The summed E-state index contributed by atoms with van der Waals surface area (Å²) < 4.78 is 2.10. The van der Waals surface area contributed by atoms with Gasteiger partial charge in [-0.3, -0.25) is 9.55 Å². The number of pyridine rings is 2. The maximum Gasteiger partial charge on any atom is 0.154 e. The molecular weight excluding hydrogens is 398 g/mol. The van der Waals surface area contributed by atoms with Gasteiger partial charge < -0.3 is 10.4 Å². The van der Waals surface area contributed by atoms with Gasteiger partial charge in [0, 0.05) is 25.1 Å². The second-order valence-corrected chi connectivity index (χ2v) is 7.90. The lowest BCUT2D eigenvalue weighted by molar-refractivity contribution is 0.475. The van der Waals surface area contributed by atoms with Crippen LogP contribution in [0.5, 0.6) is 5.75 Å². The lowest BCUT2D eigenvalue weighted by Gasteiger charge is -2.08. The van der Waals surface area contributed by atoms with E-state index in [0.717, 1.165) is 34.7 Å². The van der Waals surface area contributed by atoms with Crippen molar-refractivity contribution in [2.24, 2.45) is 0 Å². The molecule has 0 saturated heterocycles. The van der Waals surface area contributed by atoms with Gasteiger partial charge in [-0.25, -0.2) is 9.97 Å². The first kappa shape index (κ1) is 23.3. The van der Waals surface area contributed by atoms with Gasteiger partial charge in [-0.15, -0.1) is 0 Å². The average Bonchev–Trinajstić information content (AvgIpc) is 3.25. The smallest absolute Gasteiger partial charge is 0.154 e. The zero-order chi connectivity index (χ0) is 22.8. The van der Waals surface area contributed by atoms with E-state index in [-0.39, 0.29) is 0 Å². The number of aromatic nitrogens is 4. The first-order valence-corrected chi connectivity index (χ1v) is 11.3. The van der Waals surface area contributed by atoms with Crippen molar-refractivity contribution in [3.63, 3.8) is 0 Å². The Kier molecular flexibility index (Phi) is 8.61. The molecule has 168 valence electrons. The molecular formula is C26H33N5O. The summed E-state index contributed by atoms with van der Waals surface area (Å²) in [5, 5.41) is 11.9. The second-order valence-electron chi connectivity index (χ2n) is 7.90. The molecule has 0 aliphatic carbocycles. The third kappa shape index (κ3) is 6.30. The summed E-state index contributed by atoms with van der Waals surface area (Å²) in [7, 11) is 1.90. The number of anilines is 1. The van der Waals surface area contributed by atoms with E-state index in [1.54, 1.807) is 24.5 Å². The van der Waals surface area contributed by atoms with Crippen LogP contribution in [0, 0.1) is 6.92 Å². The number of rotatable bonds is 8. The molecule has 0 bridgehead atoms. The summed E-state index contributed by atoms with van der Waals surface area (Å²) in [6.45, 7) is 4.23. The van der Waals surface area contributed by atoms with E-state index >= 15 is 0 Å². The highest BCUT2D eigenvalue weighted by Gasteiger charge is 2.11. The van der Waals surface area contributed by atoms with Crippen LogP contribution in [0.3, 0.4) is 0 Å². The van der Waals surface area contributed by atoms with Gasteiger partial charge in [0.15, 0.2) is 5.82 Å². The van der Waals surface area contributed by atoms with Gasteiger partial charge >= 0.3 is 0 Å². The molecule has 6 nitrogen and oxygen atoms in total. The fourth-order valence-corrected chi connectivity index (χ4v) is 3.53. The maximum absolute atomic E-state index is 8.76. The Morgan fingerprint density at radius 1 is 0.969 bits per heavy atom. The lowest BCUT2D eigenvalue weighted by atomic mass is 10.1. The highest BCUT2D eigenvalue weighted by molar-refractivity contribution is 5.87. The Balaban J connectivity index is 0.000000305. The summed E-state index contributed by atoms with van der Waals surface area (Å²) in [4.78, 5) is 13.4. The standard InChI is InChI=1S/C19H25N5.C7H8O/c1-3-4-5-6-7-8-15-13-17-18(19(20-2)23-15)22-14-24(17)16-9-11-21-12-10-16;1-6-2-4-7(8)5-3-6/h9-14H,3-8H2,1-2H3,(H,20,23);2-5,8H,1H3. The van der Waals surface area contributed by atoms with Crippen molar-refractivity contribution in [2.45, 2.75) is 52.4 Å². The molecule has 6 heteroatoms. The third-order valence-corrected chi connectivity index (χ3v) is 5.34. The van der Waals surface area contributed by atoms with Crippen molar-refractivity contribution in [3.05, 3.63) is 72.4 Å². The number of aryl methyl sites for hydroxylation is 2. The van der Waals surface area contributed by atoms with Crippen molar-refractivity contribution >= 4 is 16.9 Å². The molecule has 2 N–H and O–H groups in total. The number of fused-ring (bicyclic) bond motifs is 1. The van der Waals surface area contributed by atoms with Crippen molar-refractivity contribution in [3.8, 4) is 11.4 Å². The molecule has 32 heavy (non-hydrogen) atoms. The molecule has 4 aromatic rings. The molecule has 0 unspecified atom stereocenters. The van der Waals surface area contributed by atoms with Crippen LogP contribution >= 0.6 is 0 Å². The van der Waals surface area contributed by atoms with E-state index in [2.05, 4.69) is 32.8 Å². The lowest BCUT2D eigenvalue weighted by Crippen LogP contribution is -2.00. The number of hydrogen-bond donors (Lipinski definition) is 2. The molecule has 3 aromatic heterocycles. The molecule has 0 atom stereocenters. The highest BCUT2D eigenvalue weighted by atomic mass is 16.3. The van der Waals surface area contributed by atoms with Gasteiger partial charge in [-0.05, 0) is 50.1 Å². The number of benzene rings is 1. The number of nitrogens with one attached hydrogen (secondary N) is 1. The molecule has 0 aliphatic rings. The van der Waals surface area contributed by atoms with Crippen molar-refractivity contribution in [2.75, 3.05) is 12.4 Å². The number of hydrogen-bond acceptors (Lipinski definition) is 5. The fraction of sp³-hybridized carbons (Fsp3) is 0.346. The van der Waals surface area contributed by atoms with Crippen molar-refractivity contribution in [1.82, 2.24) is 19.5 Å². The van der Waals surface area contributed by atoms with E-state index in [9.17, 15) is 0 Å². The molecule has 3 heterocycles. The molecule has 4 rings (SSSR count). The summed E-state index contributed by atoms with van der Waals surface area (Å²) >= 11 is 0. The third-order valence-electron chi connectivity index (χ3n) is 5.34. The summed E-state index contributed by atoms with van der Waals surface area (Å²) in [6, 6.07) is 13.2. The number of aromatic hydroxyl groups is 1. The van der Waals surface area contributed by atoms with Gasteiger partial charge in [-0.2, -0.15) is 0 Å². The quantitative estimate of drug-likeness (QED) is 0.331. The molecule has 0 spiro atoms. The van der Waals surface area contributed by atoms with E-state index in [1.807, 2.05) is 44.6 Å². The highest BCUT2D eigenvalue weighted by Crippen LogP contribution is 2.24. The molecule has 0 radical (unpaired) electrons. The Labute approximate surface area is 190 Å². The predicted molar refractivity (Wildman–Crippen MR) is 132 cm³/mol. The van der Waals surface area contributed by atoms with Gasteiger partial charge in [0.2, 0.25) is 0 Å². The fourth-order valence-electron chi connectivity index (χ4n) is 3.53. The van der Waals surface area contributed by atoms with Crippen LogP contribution in [0.1, 0.15) is 50.3 Å². The monoisotopic (exact) mass is 431 g/mol. The maximum atomic E-state index is 8.76. The van der Waals surface area contributed by atoms with Gasteiger partial charge in [-0.1, -0.05) is 50.3 Å². The molecule has 0 amide bonds. The topological polar surface area (TPSA) is 75.9 Å². The minimum atomic E-state index is 0.329. The SMILES string of the molecule is CCCCCCCc1cc2c(ncn2-c2ccncc2)c(NC)n1.Cc1ccc(O)cc1. The molecule has 0 aliphatic heterocycles. The van der Waals surface area contributed by atoms with Gasteiger partial charge in [0.05, 0.1) is 11.2 Å². The Morgan fingerprint density at radius 3 is 2.34 bits per heavy atom. The molecule has 1 aromatic carbocycles. The summed E-state index contributed by atoms with van der Waals surface area (Å²) in [5.41, 5.74) is 5.35. The zero-order valence-electron chi connectivity index (χ0n) is 19.3. The first-order chi connectivity index (χ1) is 15.6. The second kappa shape index (κ2) is 11.8. The van der Waals surface area contributed by atoms with E-state index in [1.165, 1.54) is 37.7 Å². The minimum absolute atomic E-state index is 0.329. The van der Waals surface area contributed by atoms with Crippen LogP contribution in [-0.2, 0) is 6.42 Å². The van der Waals surface area contributed by atoms with Crippen LogP contribution in [0.15, 0.2) is 61.2 Å². The van der Waals surface area contributed by atoms with E-state index in [0.29, 0.717) is 5.75 Å². The number of unbranched alkanes of at least 4 members (excludes halogenated alkanes) is 4. The minimum Gasteiger partial charge on any atom is -0.508 e. The molecule has 0 saturated carbocycles.